The van der Waals surface area contributed by atoms with Crippen molar-refractivity contribution in [2.24, 2.45) is 0 Å². The van der Waals surface area contributed by atoms with Gasteiger partial charge in [-0.2, -0.15) is 0 Å². The molecule has 2 N–H and O–H groups in total. The van der Waals surface area contributed by atoms with Crippen molar-refractivity contribution in [2.75, 3.05) is 19.6 Å². The first-order chi connectivity index (χ1) is 15.5. The molecule has 0 saturated carbocycles. The molecule has 1 fully saturated rings. The van der Waals surface area contributed by atoms with Gasteiger partial charge in [0.25, 0.3) is 5.91 Å². The summed E-state index contributed by atoms with van der Waals surface area (Å²) in [5.74, 6) is -3.62. The maximum Gasteiger partial charge on any atom is 0.265 e. The topological polar surface area (TPSA) is 86.7 Å². The quantitative estimate of drug-likeness (QED) is 0.439. The number of likely N-dealkylation sites (tertiary alicyclic amines) is 1. The summed E-state index contributed by atoms with van der Waals surface area (Å²) in [6.45, 7) is 4.51. The summed E-state index contributed by atoms with van der Waals surface area (Å²) in [6.07, 6.45) is 0.231. The van der Waals surface area contributed by atoms with E-state index in [0.717, 1.165) is 30.2 Å². The average Bonchev–Trinajstić information content (AvgIpc) is 2.82. The molecule has 1 heterocycles. The Bertz CT molecular complexity index is 1060. The molecular formula is C24H30F2N2O4S. The third kappa shape index (κ3) is 5.42. The van der Waals surface area contributed by atoms with Crippen LogP contribution in [0, 0.1) is 0 Å². The highest BCUT2D eigenvalue weighted by Crippen LogP contribution is 2.36. The number of hydrogen-bond acceptors (Lipinski definition) is 5. The lowest BCUT2D eigenvalue weighted by atomic mass is 9.95. The molecule has 3 rings (SSSR count). The maximum absolute atomic E-state index is 13.5. The Balaban J connectivity index is 1.82. The van der Waals surface area contributed by atoms with Crippen LogP contribution in [0.1, 0.15) is 38.7 Å². The van der Waals surface area contributed by atoms with Crippen molar-refractivity contribution in [1.29, 1.82) is 0 Å². The lowest BCUT2D eigenvalue weighted by Gasteiger charge is -2.39. The Labute approximate surface area is 193 Å². The summed E-state index contributed by atoms with van der Waals surface area (Å²) in [5.41, 5.74) is 3.95. The molecule has 6 nitrogen and oxygen atoms in total. The Morgan fingerprint density at radius 2 is 1.58 bits per heavy atom. The summed E-state index contributed by atoms with van der Waals surface area (Å²) >= 11 is 0. The van der Waals surface area contributed by atoms with E-state index < -0.39 is 26.4 Å². The summed E-state index contributed by atoms with van der Waals surface area (Å²) in [6, 6.07) is 13.5. The largest absolute Gasteiger partial charge is 0.303 e. The Kier molecular flexibility index (Phi) is 7.55. The van der Waals surface area contributed by atoms with E-state index in [1.165, 1.54) is 12.1 Å². The highest BCUT2D eigenvalue weighted by Gasteiger charge is 2.52. The van der Waals surface area contributed by atoms with Gasteiger partial charge in [0.1, 0.15) is 0 Å². The third-order valence-electron chi connectivity index (χ3n) is 6.45. The number of sulfone groups is 1. The van der Waals surface area contributed by atoms with E-state index >= 15 is 0 Å². The van der Waals surface area contributed by atoms with Gasteiger partial charge in [-0.1, -0.05) is 43.3 Å². The van der Waals surface area contributed by atoms with Gasteiger partial charge in [0.05, 0.1) is 4.90 Å². The van der Waals surface area contributed by atoms with Crippen LogP contribution in [0.15, 0.2) is 53.4 Å². The van der Waals surface area contributed by atoms with E-state index in [1.54, 1.807) is 29.7 Å². The van der Waals surface area contributed by atoms with Crippen molar-refractivity contribution in [3.63, 3.8) is 0 Å². The monoisotopic (exact) mass is 480 g/mol. The van der Waals surface area contributed by atoms with Crippen molar-refractivity contribution >= 4 is 15.7 Å². The van der Waals surface area contributed by atoms with Crippen LogP contribution < -0.4 is 5.48 Å². The molecule has 1 saturated heterocycles. The van der Waals surface area contributed by atoms with Crippen LogP contribution in [-0.4, -0.2) is 54.7 Å². The van der Waals surface area contributed by atoms with Crippen LogP contribution >= 0.6 is 0 Å². The van der Waals surface area contributed by atoms with Gasteiger partial charge in [-0.3, -0.25) is 10.0 Å². The Morgan fingerprint density at radius 3 is 2.03 bits per heavy atom. The summed E-state index contributed by atoms with van der Waals surface area (Å²) < 4.78 is 51.4. The number of rotatable bonds is 8. The predicted octanol–water partition coefficient (Wildman–Crippen LogP) is 4.08. The number of nitrogens with one attached hydrogen (secondary N) is 1. The summed E-state index contributed by atoms with van der Waals surface area (Å²) in [4.78, 5) is 14.6. The molecule has 180 valence electrons. The van der Waals surface area contributed by atoms with Gasteiger partial charge in [-0.15, -0.1) is 0 Å². The van der Waals surface area contributed by atoms with Crippen LogP contribution in [0.4, 0.5) is 8.78 Å². The zero-order chi connectivity index (χ0) is 24.3. The number of hydroxylamine groups is 1. The molecule has 1 aliphatic heterocycles. The SMILES string of the molecule is CCN1CCC(C(=O)NO)(S(=O)(=O)c2ccc(-c3ccc(CCC(C)(F)F)cc3)cc2)CC1. The standard InChI is InChI=1S/C24H30F2N2O4S/c1-3-28-16-14-24(15-17-28,22(29)27-30)33(31,32)21-10-8-20(9-11-21)19-6-4-18(5-7-19)12-13-23(2,25)26/h4-11,30H,3,12-17H2,1-2H3,(H,27,29). The molecule has 2 aromatic carbocycles. The number of nitrogens with zero attached hydrogens (tertiary/aromatic N) is 1. The minimum atomic E-state index is -4.06. The van der Waals surface area contributed by atoms with Gasteiger partial charge in [-0.25, -0.2) is 22.7 Å². The van der Waals surface area contributed by atoms with Crippen LogP contribution in [0.2, 0.25) is 0 Å². The van der Waals surface area contributed by atoms with Gasteiger partial charge >= 0.3 is 0 Å². The van der Waals surface area contributed by atoms with Crippen molar-refractivity contribution in [2.45, 2.75) is 55.1 Å². The first-order valence-corrected chi connectivity index (χ1v) is 12.5. The Morgan fingerprint density at radius 1 is 1.06 bits per heavy atom. The second kappa shape index (κ2) is 9.87. The van der Waals surface area contributed by atoms with Crippen LogP contribution in [0.5, 0.6) is 0 Å². The summed E-state index contributed by atoms with van der Waals surface area (Å²) in [7, 11) is -4.06. The second-order valence-corrected chi connectivity index (χ2v) is 10.9. The van der Waals surface area contributed by atoms with Crippen molar-refractivity contribution in [3.8, 4) is 11.1 Å². The highest BCUT2D eigenvalue weighted by molar-refractivity contribution is 7.93. The Hall–Kier alpha value is -2.36. The van der Waals surface area contributed by atoms with Gasteiger partial charge in [0, 0.05) is 19.5 Å². The van der Waals surface area contributed by atoms with Crippen molar-refractivity contribution < 1.29 is 27.2 Å². The fourth-order valence-corrected chi connectivity index (χ4v) is 6.19. The molecule has 0 unspecified atom stereocenters. The number of amides is 1. The van der Waals surface area contributed by atoms with Gasteiger partial charge in [0.15, 0.2) is 14.6 Å². The number of aryl methyl sites for hydroxylation is 1. The lowest BCUT2D eigenvalue weighted by molar-refractivity contribution is -0.133. The van der Waals surface area contributed by atoms with E-state index in [1.807, 2.05) is 19.1 Å². The molecule has 33 heavy (non-hydrogen) atoms. The molecule has 2 aromatic rings. The first-order valence-electron chi connectivity index (χ1n) is 11.0. The van der Waals surface area contributed by atoms with E-state index in [9.17, 15) is 27.2 Å². The number of halogens is 2. The molecule has 0 atom stereocenters. The maximum atomic E-state index is 13.5. The summed E-state index contributed by atoms with van der Waals surface area (Å²) in [5, 5.41) is 9.26. The second-order valence-electron chi connectivity index (χ2n) is 8.66. The number of carbonyl (C=O) groups is 1. The fraction of sp³-hybridized carbons (Fsp3) is 0.458. The van der Waals surface area contributed by atoms with Gasteiger partial charge in [-0.05, 0) is 61.6 Å². The predicted molar refractivity (Wildman–Crippen MR) is 122 cm³/mol. The molecule has 1 aliphatic rings. The highest BCUT2D eigenvalue weighted by atomic mass is 32.2. The average molecular weight is 481 g/mol. The van der Waals surface area contributed by atoms with Crippen LogP contribution in [-0.2, 0) is 21.1 Å². The molecule has 9 heteroatoms. The smallest absolute Gasteiger partial charge is 0.265 e. The number of piperidine rings is 1. The van der Waals surface area contributed by atoms with E-state index in [-0.39, 0.29) is 30.6 Å². The molecule has 0 radical (unpaired) electrons. The first kappa shape index (κ1) is 25.3. The molecule has 0 bridgehead atoms. The normalized spacial score (nSPS) is 17.0. The van der Waals surface area contributed by atoms with Crippen molar-refractivity contribution in [3.05, 3.63) is 54.1 Å². The molecular weight excluding hydrogens is 450 g/mol. The van der Waals surface area contributed by atoms with E-state index in [4.69, 9.17) is 0 Å². The lowest BCUT2D eigenvalue weighted by Crippen LogP contribution is -2.57. The fourth-order valence-electron chi connectivity index (χ4n) is 4.23. The van der Waals surface area contributed by atoms with Gasteiger partial charge in [0.2, 0.25) is 5.92 Å². The number of hydrogen-bond donors (Lipinski definition) is 2. The number of carbonyl (C=O) groups excluding carboxylic acids is 1. The van der Waals surface area contributed by atoms with Crippen LogP contribution in [0.3, 0.4) is 0 Å². The molecule has 1 amide bonds. The third-order valence-corrected chi connectivity index (χ3v) is 8.96. The van der Waals surface area contributed by atoms with E-state index in [2.05, 4.69) is 4.90 Å². The minimum absolute atomic E-state index is 0.0154. The van der Waals surface area contributed by atoms with E-state index in [0.29, 0.717) is 13.1 Å². The zero-order valence-corrected chi connectivity index (χ0v) is 19.7. The number of benzene rings is 2. The molecule has 0 aliphatic carbocycles. The zero-order valence-electron chi connectivity index (χ0n) is 18.9. The van der Waals surface area contributed by atoms with Crippen LogP contribution in [0.25, 0.3) is 11.1 Å². The molecule has 0 aromatic heterocycles. The van der Waals surface area contributed by atoms with Crippen molar-refractivity contribution in [1.82, 2.24) is 10.4 Å². The minimum Gasteiger partial charge on any atom is -0.303 e. The number of alkyl halides is 2. The van der Waals surface area contributed by atoms with Gasteiger partial charge < -0.3 is 4.90 Å². The molecule has 0 spiro atoms.